The highest BCUT2D eigenvalue weighted by molar-refractivity contribution is 5.08. The van der Waals surface area contributed by atoms with Gasteiger partial charge in [0.25, 0.3) is 0 Å². The van der Waals surface area contributed by atoms with Gasteiger partial charge in [-0.3, -0.25) is 4.98 Å². The van der Waals surface area contributed by atoms with Crippen LogP contribution >= 0.6 is 0 Å². The minimum absolute atomic E-state index is 0.114. The van der Waals surface area contributed by atoms with Crippen LogP contribution in [0.5, 0.6) is 0 Å². The zero-order valence-electron chi connectivity index (χ0n) is 9.48. The molecule has 0 fully saturated rings. The van der Waals surface area contributed by atoms with Crippen LogP contribution in [0.1, 0.15) is 38.4 Å². The molecule has 1 aromatic heterocycles. The highest BCUT2D eigenvalue weighted by Crippen LogP contribution is 2.16. The number of pyridine rings is 1. The predicted molar refractivity (Wildman–Crippen MR) is 61.6 cm³/mol. The molecule has 0 bridgehead atoms. The average molecular weight is 208 g/mol. The van der Waals surface area contributed by atoms with E-state index in [1.807, 2.05) is 31.3 Å². The highest BCUT2D eigenvalue weighted by Gasteiger charge is 2.13. The zero-order valence-corrected chi connectivity index (χ0v) is 9.48. The van der Waals surface area contributed by atoms with Gasteiger partial charge in [-0.25, -0.2) is 0 Å². The molecular weight excluding hydrogens is 188 g/mol. The number of nitrogens with one attached hydrogen (secondary N) is 1. The SMILES string of the molecule is CCCC(NC(C)CO)c1ccccn1. The van der Waals surface area contributed by atoms with E-state index in [0.717, 1.165) is 18.5 Å². The van der Waals surface area contributed by atoms with E-state index in [1.165, 1.54) is 0 Å². The van der Waals surface area contributed by atoms with Crippen molar-refractivity contribution in [2.75, 3.05) is 6.61 Å². The Balaban J connectivity index is 2.65. The summed E-state index contributed by atoms with van der Waals surface area (Å²) in [5.41, 5.74) is 1.06. The molecule has 3 heteroatoms. The van der Waals surface area contributed by atoms with Crippen LogP contribution in [-0.4, -0.2) is 22.7 Å². The van der Waals surface area contributed by atoms with Crippen molar-refractivity contribution >= 4 is 0 Å². The van der Waals surface area contributed by atoms with Gasteiger partial charge < -0.3 is 10.4 Å². The summed E-state index contributed by atoms with van der Waals surface area (Å²) in [6.07, 6.45) is 3.96. The van der Waals surface area contributed by atoms with Crippen molar-refractivity contribution in [3.63, 3.8) is 0 Å². The van der Waals surface area contributed by atoms with E-state index in [-0.39, 0.29) is 18.7 Å². The van der Waals surface area contributed by atoms with Gasteiger partial charge in [0.1, 0.15) is 0 Å². The largest absolute Gasteiger partial charge is 0.395 e. The molecule has 2 unspecified atom stereocenters. The molecule has 15 heavy (non-hydrogen) atoms. The quantitative estimate of drug-likeness (QED) is 0.750. The second-order valence-corrected chi connectivity index (χ2v) is 3.85. The van der Waals surface area contributed by atoms with Crippen molar-refractivity contribution in [3.8, 4) is 0 Å². The third kappa shape index (κ3) is 3.98. The fourth-order valence-corrected chi connectivity index (χ4v) is 1.58. The molecule has 0 saturated heterocycles. The molecule has 0 radical (unpaired) electrons. The van der Waals surface area contributed by atoms with E-state index >= 15 is 0 Å². The number of aliphatic hydroxyl groups excluding tert-OH is 1. The van der Waals surface area contributed by atoms with Crippen LogP contribution in [0.3, 0.4) is 0 Å². The molecule has 0 aromatic carbocycles. The van der Waals surface area contributed by atoms with E-state index in [2.05, 4.69) is 17.2 Å². The molecular formula is C12H20N2O. The second kappa shape index (κ2) is 6.53. The Bertz CT molecular complexity index is 264. The molecule has 0 saturated carbocycles. The standard InChI is InChI=1S/C12H20N2O/c1-3-6-12(14-10(2)9-15)11-7-4-5-8-13-11/h4-5,7-8,10,12,14-15H,3,6,9H2,1-2H3. The van der Waals surface area contributed by atoms with E-state index in [9.17, 15) is 0 Å². The Morgan fingerprint density at radius 1 is 1.47 bits per heavy atom. The van der Waals surface area contributed by atoms with Crippen LogP contribution in [-0.2, 0) is 0 Å². The maximum Gasteiger partial charge on any atom is 0.0582 e. The summed E-state index contributed by atoms with van der Waals surface area (Å²) in [6.45, 7) is 4.29. The first kappa shape index (κ1) is 12.1. The molecule has 1 heterocycles. The lowest BCUT2D eigenvalue weighted by Crippen LogP contribution is -2.33. The molecule has 0 spiro atoms. The minimum atomic E-state index is 0.114. The van der Waals surface area contributed by atoms with Crippen LogP contribution in [0.2, 0.25) is 0 Å². The number of aromatic nitrogens is 1. The molecule has 84 valence electrons. The number of hydrogen-bond acceptors (Lipinski definition) is 3. The number of hydrogen-bond donors (Lipinski definition) is 2. The number of rotatable bonds is 6. The monoisotopic (exact) mass is 208 g/mol. The maximum atomic E-state index is 9.02. The molecule has 3 nitrogen and oxygen atoms in total. The second-order valence-electron chi connectivity index (χ2n) is 3.85. The Morgan fingerprint density at radius 3 is 2.80 bits per heavy atom. The molecule has 2 N–H and O–H groups in total. The summed E-state index contributed by atoms with van der Waals surface area (Å²) in [6, 6.07) is 6.30. The van der Waals surface area contributed by atoms with Crippen molar-refractivity contribution < 1.29 is 5.11 Å². The van der Waals surface area contributed by atoms with Crippen molar-refractivity contribution in [1.29, 1.82) is 0 Å². The first-order chi connectivity index (χ1) is 7.27. The third-order valence-electron chi connectivity index (χ3n) is 2.38. The van der Waals surface area contributed by atoms with Crippen LogP contribution in [0, 0.1) is 0 Å². The summed E-state index contributed by atoms with van der Waals surface area (Å²) >= 11 is 0. The van der Waals surface area contributed by atoms with E-state index in [4.69, 9.17) is 5.11 Å². The smallest absolute Gasteiger partial charge is 0.0582 e. The first-order valence-electron chi connectivity index (χ1n) is 5.55. The van der Waals surface area contributed by atoms with E-state index < -0.39 is 0 Å². The van der Waals surface area contributed by atoms with Gasteiger partial charge >= 0.3 is 0 Å². The fourth-order valence-electron chi connectivity index (χ4n) is 1.58. The lowest BCUT2D eigenvalue weighted by Gasteiger charge is -2.21. The molecule has 2 atom stereocenters. The minimum Gasteiger partial charge on any atom is -0.395 e. The maximum absolute atomic E-state index is 9.02. The Morgan fingerprint density at radius 2 is 2.27 bits per heavy atom. The molecule has 1 aromatic rings. The van der Waals surface area contributed by atoms with Crippen molar-refractivity contribution in [2.45, 2.75) is 38.8 Å². The summed E-state index contributed by atoms with van der Waals surface area (Å²) in [5, 5.41) is 12.4. The number of nitrogens with zero attached hydrogens (tertiary/aromatic N) is 1. The fraction of sp³-hybridized carbons (Fsp3) is 0.583. The van der Waals surface area contributed by atoms with Gasteiger partial charge in [-0.1, -0.05) is 19.4 Å². The summed E-state index contributed by atoms with van der Waals surface area (Å²) in [5.74, 6) is 0. The average Bonchev–Trinajstić information content (AvgIpc) is 2.29. The molecule has 1 rings (SSSR count). The first-order valence-corrected chi connectivity index (χ1v) is 5.55. The summed E-state index contributed by atoms with van der Waals surface area (Å²) in [7, 11) is 0. The van der Waals surface area contributed by atoms with Gasteiger partial charge in [0.15, 0.2) is 0 Å². The van der Waals surface area contributed by atoms with E-state index in [1.54, 1.807) is 0 Å². The zero-order chi connectivity index (χ0) is 11.1. The third-order valence-corrected chi connectivity index (χ3v) is 2.38. The van der Waals surface area contributed by atoms with Crippen molar-refractivity contribution in [2.24, 2.45) is 0 Å². The van der Waals surface area contributed by atoms with E-state index in [0.29, 0.717) is 0 Å². The topological polar surface area (TPSA) is 45.1 Å². The van der Waals surface area contributed by atoms with Crippen molar-refractivity contribution in [1.82, 2.24) is 10.3 Å². The lowest BCUT2D eigenvalue weighted by atomic mass is 10.1. The molecule has 0 amide bonds. The van der Waals surface area contributed by atoms with Gasteiger partial charge in [0, 0.05) is 18.3 Å². The van der Waals surface area contributed by atoms with Crippen LogP contribution in [0.25, 0.3) is 0 Å². The normalized spacial score (nSPS) is 14.9. The van der Waals surface area contributed by atoms with Crippen LogP contribution < -0.4 is 5.32 Å². The van der Waals surface area contributed by atoms with Crippen molar-refractivity contribution in [3.05, 3.63) is 30.1 Å². The van der Waals surface area contributed by atoms with Gasteiger partial charge in [0.2, 0.25) is 0 Å². The Labute approximate surface area is 91.5 Å². The summed E-state index contributed by atoms with van der Waals surface area (Å²) < 4.78 is 0. The van der Waals surface area contributed by atoms with Crippen LogP contribution in [0.4, 0.5) is 0 Å². The highest BCUT2D eigenvalue weighted by atomic mass is 16.3. The lowest BCUT2D eigenvalue weighted by molar-refractivity contribution is 0.237. The molecule has 0 aliphatic carbocycles. The number of aliphatic hydroxyl groups is 1. The Kier molecular flexibility index (Phi) is 5.29. The Hall–Kier alpha value is -0.930. The van der Waals surface area contributed by atoms with Gasteiger partial charge in [-0.15, -0.1) is 0 Å². The van der Waals surface area contributed by atoms with Gasteiger partial charge in [-0.05, 0) is 25.5 Å². The molecule has 0 aliphatic heterocycles. The summed E-state index contributed by atoms with van der Waals surface area (Å²) in [4.78, 5) is 4.34. The van der Waals surface area contributed by atoms with Crippen LogP contribution in [0.15, 0.2) is 24.4 Å². The van der Waals surface area contributed by atoms with Gasteiger partial charge in [-0.2, -0.15) is 0 Å². The van der Waals surface area contributed by atoms with Gasteiger partial charge in [0.05, 0.1) is 12.3 Å². The predicted octanol–water partition coefficient (Wildman–Crippen LogP) is 1.89. The molecule has 0 aliphatic rings.